The molecular weight excluding hydrogens is 360 g/mol. The molecule has 2 aromatic heterocycles. The van der Waals surface area contributed by atoms with Crippen molar-refractivity contribution in [2.24, 2.45) is 0 Å². The van der Waals surface area contributed by atoms with Crippen LogP contribution in [0.4, 0.5) is 0 Å². The summed E-state index contributed by atoms with van der Waals surface area (Å²) in [6.07, 6.45) is 5.57. The highest BCUT2D eigenvalue weighted by atomic mass is 32.2. The molecule has 3 nitrogen and oxygen atoms in total. The Morgan fingerprint density at radius 3 is 2.85 bits per heavy atom. The van der Waals surface area contributed by atoms with Crippen molar-refractivity contribution in [3.05, 3.63) is 50.1 Å². The molecule has 1 aliphatic carbocycles. The third-order valence-electron chi connectivity index (χ3n) is 5.00. The zero-order chi connectivity index (χ0) is 18.3. The van der Waals surface area contributed by atoms with Gasteiger partial charge in [0.15, 0.2) is 5.16 Å². The Bertz CT molecular complexity index is 1030. The van der Waals surface area contributed by atoms with Crippen molar-refractivity contribution in [2.75, 3.05) is 5.75 Å². The first kappa shape index (κ1) is 17.8. The topological polar surface area (TPSA) is 34.9 Å². The molecule has 136 valence electrons. The average molecular weight is 385 g/mol. The van der Waals surface area contributed by atoms with Crippen molar-refractivity contribution in [2.45, 2.75) is 58.0 Å². The highest BCUT2D eigenvalue weighted by Gasteiger charge is 2.23. The van der Waals surface area contributed by atoms with Gasteiger partial charge in [0.25, 0.3) is 5.56 Å². The fourth-order valence-electron chi connectivity index (χ4n) is 3.65. The molecule has 0 N–H and O–H groups in total. The van der Waals surface area contributed by atoms with E-state index in [0.29, 0.717) is 0 Å². The molecule has 0 aliphatic heterocycles. The lowest BCUT2D eigenvalue weighted by Gasteiger charge is -2.15. The van der Waals surface area contributed by atoms with Crippen LogP contribution in [-0.4, -0.2) is 15.3 Å². The quantitative estimate of drug-likeness (QED) is 0.443. The number of thioether (sulfide) groups is 1. The monoisotopic (exact) mass is 384 g/mol. The Kier molecular flexibility index (Phi) is 4.93. The Hall–Kier alpha value is -1.59. The molecule has 0 atom stereocenters. The molecule has 0 radical (unpaired) electrons. The highest BCUT2D eigenvalue weighted by Crippen LogP contribution is 2.35. The van der Waals surface area contributed by atoms with Crippen molar-refractivity contribution in [1.29, 1.82) is 0 Å². The Labute approximate surface area is 162 Å². The maximum Gasteiger partial charge on any atom is 0.267 e. The lowest BCUT2D eigenvalue weighted by Crippen LogP contribution is -2.23. The number of benzene rings is 1. The number of hydrogen-bond donors (Lipinski definition) is 0. The molecule has 0 bridgehead atoms. The van der Waals surface area contributed by atoms with E-state index in [1.54, 1.807) is 23.1 Å². The molecule has 1 aromatic carbocycles. The van der Waals surface area contributed by atoms with Crippen LogP contribution in [-0.2, 0) is 12.8 Å². The van der Waals surface area contributed by atoms with E-state index in [-0.39, 0.29) is 5.56 Å². The summed E-state index contributed by atoms with van der Waals surface area (Å²) in [5.74, 6) is 0.966. The molecule has 0 saturated heterocycles. The number of hydrogen-bond acceptors (Lipinski definition) is 4. The predicted octanol–water partition coefficient (Wildman–Crippen LogP) is 5.44. The van der Waals surface area contributed by atoms with Crippen LogP contribution in [0, 0.1) is 13.8 Å². The van der Waals surface area contributed by atoms with Gasteiger partial charge < -0.3 is 0 Å². The van der Waals surface area contributed by atoms with Crippen LogP contribution in [0.3, 0.4) is 0 Å². The fraction of sp³-hybridized carbons (Fsp3) is 0.429. The summed E-state index contributed by atoms with van der Waals surface area (Å²) in [4.78, 5) is 20.9. The van der Waals surface area contributed by atoms with E-state index in [0.717, 1.165) is 57.2 Å². The second-order valence-electron chi connectivity index (χ2n) is 7.06. The summed E-state index contributed by atoms with van der Waals surface area (Å²) in [7, 11) is 0. The van der Waals surface area contributed by atoms with Crippen molar-refractivity contribution in [1.82, 2.24) is 9.55 Å². The van der Waals surface area contributed by atoms with E-state index < -0.39 is 0 Å². The van der Waals surface area contributed by atoms with Gasteiger partial charge in [0.2, 0.25) is 0 Å². The summed E-state index contributed by atoms with van der Waals surface area (Å²) in [5.41, 5.74) is 4.62. The summed E-state index contributed by atoms with van der Waals surface area (Å²) in [6, 6.07) is 6.30. The van der Waals surface area contributed by atoms with Crippen LogP contribution < -0.4 is 5.56 Å². The number of aromatic nitrogens is 2. The van der Waals surface area contributed by atoms with Gasteiger partial charge in [-0.15, -0.1) is 11.3 Å². The van der Waals surface area contributed by atoms with E-state index in [1.807, 2.05) is 4.57 Å². The Balaban J connectivity index is 2.04. The van der Waals surface area contributed by atoms with E-state index in [9.17, 15) is 4.79 Å². The first-order valence-electron chi connectivity index (χ1n) is 9.38. The van der Waals surface area contributed by atoms with E-state index in [2.05, 4.69) is 39.0 Å². The molecule has 5 heteroatoms. The average Bonchev–Trinajstić information content (AvgIpc) is 3.01. The number of aryl methyl sites for hydroxylation is 4. The van der Waals surface area contributed by atoms with Crippen molar-refractivity contribution >= 4 is 33.3 Å². The third kappa shape index (κ3) is 3.01. The number of thiophene rings is 1. The molecule has 3 aromatic rings. The van der Waals surface area contributed by atoms with E-state index in [4.69, 9.17) is 4.98 Å². The third-order valence-corrected chi connectivity index (χ3v) is 7.33. The molecule has 4 rings (SSSR count). The fourth-order valence-corrected chi connectivity index (χ4v) is 5.81. The molecule has 1 aliphatic rings. The summed E-state index contributed by atoms with van der Waals surface area (Å²) >= 11 is 3.42. The molecule has 0 fully saturated rings. The molecule has 2 heterocycles. The van der Waals surface area contributed by atoms with Gasteiger partial charge >= 0.3 is 0 Å². The summed E-state index contributed by atoms with van der Waals surface area (Å²) in [6.45, 7) is 6.31. The van der Waals surface area contributed by atoms with E-state index >= 15 is 0 Å². The second-order valence-corrected chi connectivity index (χ2v) is 9.21. The van der Waals surface area contributed by atoms with Gasteiger partial charge in [-0.1, -0.05) is 30.8 Å². The molecule has 26 heavy (non-hydrogen) atoms. The Morgan fingerprint density at radius 2 is 2.04 bits per heavy atom. The normalized spacial score (nSPS) is 14.0. The maximum absolute atomic E-state index is 13.6. The largest absolute Gasteiger partial charge is 0.268 e. The summed E-state index contributed by atoms with van der Waals surface area (Å²) in [5, 5.41) is 1.70. The van der Waals surface area contributed by atoms with Gasteiger partial charge in [0.1, 0.15) is 4.83 Å². The molecule has 0 spiro atoms. The van der Waals surface area contributed by atoms with Crippen LogP contribution >= 0.6 is 23.1 Å². The van der Waals surface area contributed by atoms with Gasteiger partial charge in [0, 0.05) is 10.6 Å². The minimum atomic E-state index is 0.113. The van der Waals surface area contributed by atoms with Crippen LogP contribution in [0.25, 0.3) is 15.9 Å². The first-order valence-corrected chi connectivity index (χ1v) is 11.2. The number of nitrogens with zero attached hydrogens (tertiary/aromatic N) is 2. The standard InChI is InChI=1S/C21H24N2OS2/c1-4-11-25-21-22-19-18(15-7-5-6-8-17(15)26-19)20(24)23(21)16-12-13(2)9-10-14(16)3/h9-10,12H,4-8,11H2,1-3H3. The maximum atomic E-state index is 13.6. The van der Waals surface area contributed by atoms with Crippen molar-refractivity contribution < 1.29 is 0 Å². The lowest BCUT2D eigenvalue weighted by molar-refractivity contribution is 0.699. The minimum absolute atomic E-state index is 0.113. The van der Waals surface area contributed by atoms with Crippen molar-refractivity contribution in [3.8, 4) is 5.69 Å². The second kappa shape index (κ2) is 7.20. The SMILES string of the molecule is CCCSc1nc2sc3c(c2c(=O)n1-c1cc(C)ccc1C)CCCC3. The Morgan fingerprint density at radius 1 is 1.23 bits per heavy atom. The van der Waals surface area contributed by atoms with E-state index in [1.165, 1.54) is 23.3 Å². The predicted molar refractivity (Wildman–Crippen MR) is 112 cm³/mol. The highest BCUT2D eigenvalue weighted by molar-refractivity contribution is 7.99. The van der Waals surface area contributed by atoms with Crippen LogP contribution in [0.2, 0.25) is 0 Å². The zero-order valence-corrected chi connectivity index (χ0v) is 17.2. The first-order chi connectivity index (χ1) is 12.6. The van der Waals surface area contributed by atoms with Crippen LogP contribution in [0.15, 0.2) is 28.2 Å². The van der Waals surface area contributed by atoms with Gasteiger partial charge in [-0.2, -0.15) is 0 Å². The zero-order valence-electron chi connectivity index (χ0n) is 15.6. The van der Waals surface area contributed by atoms with Gasteiger partial charge in [0.05, 0.1) is 11.1 Å². The molecule has 0 unspecified atom stereocenters. The number of fused-ring (bicyclic) bond motifs is 3. The minimum Gasteiger partial charge on any atom is -0.268 e. The molecule has 0 saturated carbocycles. The van der Waals surface area contributed by atoms with Crippen LogP contribution in [0.1, 0.15) is 47.8 Å². The smallest absolute Gasteiger partial charge is 0.267 e. The number of rotatable bonds is 4. The van der Waals surface area contributed by atoms with Gasteiger partial charge in [-0.25, -0.2) is 4.98 Å². The molecular formula is C21H24N2OS2. The van der Waals surface area contributed by atoms with Crippen molar-refractivity contribution in [3.63, 3.8) is 0 Å². The molecule has 0 amide bonds. The summed E-state index contributed by atoms with van der Waals surface area (Å²) < 4.78 is 1.87. The van der Waals surface area contributed by atoms with Gasteiger partial charge in [-0.05, 0) is 68.7 Å². The van der Waals surface area contributed by atoms with Crippen LogP contribution in [0.5, 0.6) is 0 Å². The van der Waals surface area contributed by atoms with Gasteiger partial charge in [-0.3, -0.25) is 9.36 Å². The lowest BCUT2D eigenvalue weighted by atomic mass is 9.97.